The average molecular weight is 299 g/mol. The van der Waals surface area contributed by atoms with Crippen molar-refractivity contribution < 1.29 is 4.79 Å². The Labute approximate surface area is 124 Å². The summed E-state index contributed by atoms with van der Waals surface area (Å²) in [5.41, 5.74) is 4.86. The smallest absolute Gasteiger partial charge is 0.237 e. The summed E-state index contributed by atoms with van der Waals surface area (Å²) in [7, 11) is 1.94. The molecule has 0 saturated heterocycles. The van der Waals surface area contributed by atoms with Gasteiger partial charge in [0.05, 0.1) is 5.54 Å². The molecule has 1 aromatic heterocycles. The fourth-order valence-electron chi connectivity index (χ4n) is 1.95. The van der Waals surface area contributed by atoms with Crippen LogP contribution in [0.15, 0.2) is 5.16 Å². The number of amides is 1. The molecule has 1 rings (SSSR count). The minimum absolute atomic E-state index is 0.208. The fraction of sp³-hybridized carbons (Fsp3) is 0.769. The largest absolute Gasteiger partial charge is 0.368 e. The predicted molar refractivity (Wildman–Crippen MR) is 81.6 cm³/mol. The number of carbonyl (C=O) groups excluding carboxylic acids is 1. The van der Waals surface area contributed by atoms with Crippen LogP contribution in [0.5, 0.6) is 0 Å². The molecule has 0 aliphatic heterocycles. The molecule has 1 aromatic rings. The number of rotatable bonds is 8. The van der Waals surface area contributed by atoms with Crippen LogP contribution in [0.25, 0.3) is 0 Å². The van der Waals surface area contributed by atoms with Crippen LogP contribution in [0.2, 0.25) is 0 Å². The number of aromatic nitrogens is 3. The highest BCUT2D eigenvalue weighted by Crippen LogP contribution is 2.27. The lowest BCUT2D eigenvalue weighted by Gasteiger charge is -2.29. The van der Waals surface area contributed by atoms with Crippen molar-refractivity contribution in [3.63, 3.8) is 0 Å². The summed E-state index contributed by atoms with van der Waals surface area (Å²) in [4.78, 5) is 11.7. The molecule has 7 heteroatoms. The van der Waals surface area contributed by atoms with Gasteiger partial charge in [-0.3, -0.25) is 4.79 Å². The van der Waals surface area contributed by atoms with Gasteiger partial charge in [0.1, 0.15) is 5.82 Å². The molecule has 0 aliphatic rings. The molecule has 0 saturated carbocycles. The second-order valence-corrected chi connectivity index (χ2v) is 6.75. The van der Waals surface area contributed by atoms with Gasteiger partial charge in [-0.1, -0.05) is 25.6 Å². The van der Waals surface area contributed by atoms with Gasteiger partial charge in [0.2, 0.25) is 5.91 Å². The van der Waals surface area contributed by atoms with Gasteiger partial charge in [-0.2, -0.15) is 0 Å². The molecule has 0 aromatic carbocycles. The van der Waals surface area contributed by atoms with E-state index >= 15 is 0 Å². The lowest BCUT2D eigenvalue weighted by molar-refractivity contribution is -0.124. The van der Waals surface area contributed by atoms with Crippen molar-refractivity contribution in [3.8, 4) is 0 Å². The van der Waals surface area contributed by atoms with Crippen LogP contribution in [-0.4, -0.2) is 38.0 Å². The van der Waals surface area contributed by atoms with Crippen LogP contribution in [0.4, 0.5) is 0 Å². The van der Waals surface area contributed by atoms with E-state index in [4.69, 9.17) is 5.73 Å². The molecule has 20 heavy (non-hydrogen) atoms. The molecule has 3 N–H and O–H groups in total. The molecule has 2 atom stereocenters. The highest BCUT2D eigenvalue weighted by Gasteiger charge is 2.32. The first-order valence-corrected chi connectivity index (χ1v) is 7.75. The van der Waals surface area contributed by atoms with Crippen LogP contribution >= 0.6 is 11.8 Å². The molecular weight excluding hydrogens is 274 g/mol. The third-order valence-electron chi connectivity index (χ3n) is 3.36. The number of hydrogen-bond donors (Lipinski definition) is 2. The molecule has 2 unspecified atom stereocenters. The van der Waals surface area contributed by atoms with E-state index in [0.29, 0.717) is 6.42 Å². The first kappa shape index (κ1) is 17.0. The van der Waals surface area contributed by atoms with E-state index < -0.39 is 5.54 Å². The fourth-order valence-corrected chi connectivity index (χ4v) is 3.10. The second-order valence-electron chi connectivity index (χ2n) is 5.34. The van der Waals surface area contributed by atoms with Crippen molar-refractivity contribution in [2.24, 2.45) is 12.8 Å². The van der Waals surface area contributed by atoms with Crippen LogP contribution in [0, 0.1) is 6.92 Å². The zero-order valence-electron chi connectivity index (χ0n) is 12.9. The van der Waals surface area contributed by atoms with Crippen LogP contribution in [0.1, 0.15) is 39.4 Å². The summed E-state index contributed by atoms with van der Waals surface area (Å²) in [6.45, 7) is 8.69. The Balaban J connectivity index is 2.69. The molecule has 0 fully saturated rings. The van der Waals surface area contributed by atoms with Gasteiger partial charge >= 0.3 is 0 Å². The van der Waals surface area contributed by atoms with Crippen molar-refractivity contribution in [2.45, 2.75) is 56.5 Å². The lowest BCUT2D eigenvalue weighted by atomic mass is 9.95. The van der Waals surface area contributed by atoms with Gasteiger partial charge < -0.3 is 15.6 Å². The molecule has 114 valence electrons. The molecule has 0 spiro atoms. The maximum absolute atomic E-state index is 11.7. The number of thioether (sulfide) groups is 1. The number of nitrogens with one attached hydrogen (secondary N) is 1. The lowest BCUT2D eigenvalue weighted by Crippen LogP contribution is -2.54. The molecule has 1 amide bonds. The van der Waals surface area contributed by atoms with Gasteiger partial charge in [0.25, 0.3) is 0 Å². The summed E-state index contributed by atoms with van der Waals surface area (Å²) in [6, 6.07) is 0. The van der Waals surface area contributed by atoms with E-state index in [9.17, 15) is 4.79 Å². The number of hydrogen-bond acceptors (Lipinski definition) is 5. The SMILES string of the molecule is CCCNC(C)(CC(C)Sc1nnc(C)n1C)C(N)=O. The van der Waals surface area contributed by atoms with Gasteiger partial charge in [0.15, 0.2) is 5.16 Å². The number of nitrogens with two attached hydrogens (primary N) is 1. The molecular formula is C13H25N5OS. The Kier molecular flexibility index (Phi) is 6.01. The van der Waals surface area contributed by atoms with Crippen LogP contribution in [-0.2, 0) is 11.8 Å². The van der Waals surface area contributed by atoms with Gasteiger partial charge in [-0.15, -0.1) is 10.2 Å². The Hall–Kier alpha value is -1.08. The van der Waals surface area contributed by atoms with E-state index in [0.717, 1.165) is 23.9 Å². The summed E-state index contributed by atoms with van der Waals surface area (Å²) >= 11 is 1.61. The molecule has 0 radical (unpaired) electrons. The molecule has 0 aliphatic carbocycles. The van der Waals surface area contributed by atoms with Gasteiger partial charge in [0, 0.05) is 12.3 Å². The van der Waals surface area contributed by atoms with Gasteiger partial charge in [-0.25, -0.2) is 0 Å². The monoisotopic (exact) mass is 299 g/mol. The van der Waals surface area contributed by atoms with Crippen molar-refractivity contribution >= 4 is 17.7 Å². The Morgan fingerprint density at radius 2 is 2.20 bits per heavy atom. The third-order valence-corrected chi connectivity index (χ3v) is 4.50. The maximum atomic E-state index is 11.7. The van der Waals surface area contributed by atoms with E-state index in [2.05, 4.69) is 29.4 Å². The quantitative estimate of drug-likeness (QED) is 0.705. The highest BCUT2D eigenvalue weighted by atomic mass is 32.2. The third kappa shape index (κ3) is 4.21. The second kappa shape index (κ2) is 7.08. The minimum atomic E-state index is -0.684. The average Bonchev–Trinajstić information content (AvgIpc) is 2.68. The first-order valence-electron chi connectivity index (χ1n) is 6.87. The summed E-state index contributed by atoms with van der Waals surface area (Å²) in [5.74, 6) is 0.564. The van der Waals surface area contributed by atoms with E-state index in [1.54, 1.807) is 11.8 Å². The topological polar surface area (TPSA) is 85.8 Å². The Bertz CT molecular complexity index is 462. The van der Waals surface area contributed by atoms with Gasteiger partial charge in [-0.05, 0) is 33.2 Å². The zero-order valence-corrected chi connectivity index (χ0v) is 13.8. The van der Waals surface area contributed by atoms with Crippen LogP contribution < -0.4 is 11.1 Å². The van der Waals surface area contributed by atoms with Crippen molar-refractivity contribution in [2.75, 3.05) is 6.54 Å². The normalized spacial score (nSPS) is 15.8. The zero-order chi connectivity index (χ0) is 15.3. The minimum Gasteiger partial charge on any atom is -0.368 e. The number of primary amides is 1. The van der Waals surface area contributed by atoms with Crippen molar-refractivity contribution in [1.29, 1.82) is 0 Å². The van der Waals surface area contributed by atoms with Crippen molar-refractivity contribution in [3.05, 3.63) is 5.82 Å². The van der Waals surface area contributed by atoms with Crippen molar-refractivity contribution in [1.82, 2.24) is 20.1 Å². The standard InChI is InChI=1S/C13H25N5OS/c1-6-7-15-13(4,11(14)19)8-9(2)20-12-17-16-10(3)18(12)5/h9,15H,6-8H2,1-5H3,(H2,14,19). The first-order chi connectivity index (χ1) is 9.30. The van der Waals surface area contributed by atoms with E-state index in [1.165, 1.54) is 0 Å². The summed E-state index contributed by atoms with van der Waals surface area (Å²) < 4.78 is 1.95. The Morgan fingerprint density at radius 1 is 1.55 bits per heavy atom. The number of carbonyl (C=O) groups is 1. The van der Waals surface area contributed by atoms with Crippen LogP contribution in [0.3, 0.4) is 0 Å². The molecule has 1 heterocycles. The van der Waals surface area contributed by atoms with E-state index in [1.807, 2.05) is 25.5 Å². The highest BCUT2D eigenvalue weighted by molar-refractivity contribution is 7.99. The number of nitrogens with zero attached hydrogens (tertiary/aromatic N) is 3. The summed E-state index contributed by atoms with van der Waals surface area (Å²) in [5, 5.41) is 12.5. The maximum Gasteiger partial charge on any atom is 0.237 e. The number of aryl methyl sites for hydroxylation is 1. The van der Waals surface area contributed by atoms with E-state index in [-0.39, 0.29) is 11.2 Å². The predicted octanol–water partition coefficient (Wildman–Crippen LogP) is 1.24. The molecule has 0 bridgehead atoms. The molecule has 6 nitrogen and oxygen atoms in total. The summed E-state index contributed by atoms with van der Waals surface area (Å²) in [6.07, 6.45) is 1.62. The Morgan fingerprint density at radius 3 is 2.65 bits per heavy atom.